The summed E-state index contributed by atoms with van der Waals surface area (Å²) < 4.78 is 2.36. The van der Waals surface area contributed by atoms with Crippen molar-refractivity contribution in [3.8, 4) is 62.1 Å². The molecule has 5 heteroatoms. The Bertz CT molecular complexity index is 2520. The Morgan fingerprint density at radius 3 is 1.53 bits per heavy atom. The fourth-order valence-corrected chi connectivity index (χ4v) is 6.60. The summed E-state index contributed by atoms with van der Waals surface area (Å²) >= 11 is 0. The van der Waals surface area contributed by atoms with Gasteiger partial charge in [0, 0.05) is 39.9 Å². The van der Waals surface area contributed by atoms with Crippen molar-refractivity contribution in [1.29, 1.82) is 0 Å². The second kappa shape index (κ2) is 12.1. The average molecular weight is 628 g/mol. The standard InChI is InChI=1S/C44H29N5/c1-4-12-30(13-5-1)35-20-22-37-36-18-10-11-19-39(36)49(41(37)29-35)40-23-21-34(31-24-26-45-27-25-31)28-38(40)44-47-42(32-14-6-2-7-15-32)46-43(48-44)33-16-8-3-9-17-33/h1-29H. The molecule has 0 saturated carbocycles. The van der Waals surface area contributed by atoms with Gasteiger partial charge in [0.05, 0.1) is 16.7 Å². The van der Waals surface area contributed by atoms with Crippen molar-refractivity contribution in [2.75, 3.05) is 0 Å². The van der Waals surface area contributed by atoms with Crippen molar-refractivity contribution in [2.45, 2.75) is 0 Å². The minimum Gasteiger partial charge on any atom is -0.308 e. The van der Waals surface area contributed by atoms with Crippen LogP contribution in [-0.2, 0) is 0 Å². The van der Waals surface area contributed by atoms with E-state index in [1.54, 1.807) is 0 Å². The molecule has 0 fully saturated rings. The zero-order valence-corrected chi connectivity index (χ0v) is 26.5. The fourth-order valence-electron chi connectivity index (χ4n) is 6.60. The zero-order valence-electron chi connectivity index (χ0n) is 26.5. The van der Waals surface area contributed by atoms with E-state index in [0.29, 0.717) is 17.5 Å². The van der Waals surface area contributed by atoms with E-state index in [1.165, 1.54) is 16.3 Å². The summed E-state index contributed by atoms with van der Waals surface area (Å²) in [6.07, 6.45) is 3.65. The highest BCUT2D eigenvalue weighted by atomic mass is 15.1. The molecule has 0 bridgehead atoms. The van der Waals surface area contributed by atoms with E-state index in [-0.39, 0.29) is 0 Å². The number of hydrogen-bond acceptors (Lipinski definition) is 4. The molecular formula is C44H29N5. The SMILES string of the molecule is c1ccc(-c2ccc3c4ccccc4n(-c4ccc(-c5ccncc5)cc4-c4nc(-c5ccccc5)nc(-c5ccccc5)n4)c3c2)cc1. The first-order valence-electron chi connectivity index (χ1n) is 16.3. The van der Waals surface area contributed by atoms with Gasteiger partial charge in [0.2, 0.25) is 0 Å². The molecule has 0 unspecified atom stereocenters. The topological polar surface area (TPSA) is 56.5 Å². The number of pyridine rings is 1. The van der Waals surface area contributed by atoms with E-state index in [0.717, 1.165) is 50.1 Å². The molecule has 9 aromatic rings. The van der Waals surface area contributed by atoms with Crippen LogP contribution in [-0.4, -0.2) is 24.5 Å². The van der Waals surface area contributed by atoms with Gasteiger partial charge in [-0.25, -0.2) is 15.0 Å². The number of rotatable bonds is 6. The smallest absolute Gasteiger partial charge is 0.166 e. The summed E-state index contributed by atoms with van der Waals surface area (Å²) in [5.41, 5.74) is 10.4. The Labute approximate surface area is 283 Å². The molecule has 0 amide bonds. The van der Waals surface area contributed by atoms with Crippen LogP contribution >= 0.6 is 0 Å². The average Bonchev–Trinajstić information content (AvgIpc) is 3.52. The number of para-hydroxylation sites is 1. The number of nitrogens with zero attached hydrogens (tertiary/aromatic N) is 5. The number of fused-ring (bicyclic) bond motifs is 3. The quantitative estimate of drug-likeness (QED) is 0.184. The Hall–Kier alpha value is -6.72. The summed E-state index contributed by atoms with van der Waals surface area (Å²) in [5, 5.41) is 2.37. The molecule has 49 heavy (non-hydrogen) atoms. The molecule has 0 radical (unpaired) electrons. The summed E-state index contributed by atoms with van der Waals surface area (Å²) in [6, 6.07) is 56.7. The molecule has 9 rings (SSSR count). The van der Waals surface area contributed by atoms with E-state index in [9.17, 15) is 0 Å². The van der Waals surface area contributed by atoms with Crippen LogP contribution in [0.4, 0.5) is 0 Å². The van der Waals surface area contributed by atoms with Crippen LogP contribution in [0.3, 0.4) is 0 Å². The van der Waals surface area contributed by atoms with Gasteiger partial charge in [-0.15, -0.1) is 0 Å². The first-order valence-corrected chi connectivity index (χ1v) is 16.3. The largest absolute Gasteiger partial charge is 0.308 e. The van der Waals surface area contributed by atoms with Crippen LogP contribution in [0.15, 0.2) is 176 Å². The van der Waals surface area contributed by atoms with Gasteiger partial charge >= 0.3 is 0 Å². The molecule has 0 spiro atoms. The lowest BCUT2D eigenvalue weighted by Crippen LogP contribution is -2.04. The summed E-state index contributed by atoms with van der Waals surface area (Å²) in [6.45, 7) is 0. The van der Waals surface area contributed by atoms with E-state index in [2.05, 4.69) is 101 Å². The van der Waals surface area contributed by atoms with Gasteiger partial charge in [-0.3, -0.25) is 4.98 Å². The third kappa shape index (κ3) is 5.24. The van der Waals surface area contributed by atoms with Gasteiger partial charge in [0.1, 0.15) is 0 Å². The van der Waals surface area contributed by atoms with Crippen molar-refractivity contribution in [3.05, 3.63) is 176 Å². The third-order valence-electron chi connectivity index (χ3n) is 8.97. The highest BCUT2D eigenvalue weighted by Gasteiger charge is 2.20. The maximum Gasteiger partial charge on any atom is 0.166 e. The molecule has 3 heterocycles. The van der Waals surface area contributed by atoms with Gasteiger partial charge in [-0.1, -0.05) is 127 Å². The van der Waals surface area contributed by atoms with Gasteiger partial charge in [-0.2, -0.15) is 0 Å². The van der Waals surface area contributed by atoms with Crippen molar-refractivity contribution in [1.82, 2.24) is 24.5 Å². The first-order chi connectivity index (χ1) is 24.3. The van der Waals surface area contributed by atoms with Gasteiger partial charge in [-0.05, 0) is 58.7 Å². The molecule has 3 aromatic heterocycles. The van der Waals surface area contributed by atoms with Gasteiger partial charge < -0.3 is 4.57 Å². The van der Waals surface area contributed by atoms with Crippen LogP contribution in [0.1, 0.15) is 0 Å². The van der Waals surface area contributed by atoms with E-state index in [4.69, 9.17) is 15.0 Å². The molecular weight excluding hydrogens is 599 g/mol. The number of aromatic nitrogens is 5. The van der Waals surface area contributed by atoms with Gasteiger partial charge in [0.15, 0.2) is 17.5 Å². The Morgan fingerprint density at radius 1 is 0.347 bits per heavy atom. The summed E-state index contributed by atoms with van der Waals surface area (Å²) in [4.78, 5) is 19.6. The van der Waals surface area contributed by atoms with Gasteiger partial charge in [0.25, 0.3) is 0 Å². The molecule has 230 valence electrons. The van der Waals surface area contributed by atoms with E-state index >= 15 is 0 Å². The van der Waals surface area contributed by atoms with E-state index < -0.39 is 0 Å². The maximum atomic E-state index is 5.18. The Morgan fingerprint density at radius 2 is 0.857 bits per heavy atom. The maximum absolute atomic E-state index is 5.18. The van der Waals surface area contributed by atoms with E-state index in [1.807, 2.05) is 85.2 Å². The molecule has 0 aliphatic rings. The Balaban J connectivity index is 1.36. The van der Waals surface area contributed by atoms with Crippen LogP contribution in [0, 0.1) is 0 Å². The number of benzene rings is 6. The lowest BCUT2D eigenvalue weighted by molar-refractivity contribution is 1.06. The van der Waals surface area contributed by atoms with Crippen molar-refractivity contribution < 1.29 is 0 Å². The number of hydrogen-bond donors (Lipinski definition) is 0. The second-order valence-corrected chi connectivity index (χ2v) is 12.0. The highest BCUT2D eigenvalue weighted by Crippen LogP contribution is 2.39. The normalized spacial score (nSPS) is 11.3. The molecule has 6 aromatic carbocycles. The van der Waals surface area contributed by atoms with Crippen molar-refractivity contribution in [3.63, 3.8) is 0 Å². The minimum atomic E-state index is 0.601. The molecule has 0 aliphatic carbocycles. The highest BCUT2D eigenvalue weighted by molar-refractivity contribution is 6.10. The first kappa shape index (κ1) is 28.5. The molecule has 0 saturated heterocycles. The van der Waals surface area contributed by atoms with Crippen LogP contribution in [0.25, 0.3) is 83.9 Å². The minimum absolute atomic E-state index is 0.601. The molecule has 5 nitrogen and oxygen atoms in total. The Kier molecular flexibility index (Phi) is 7.06. The second-order valence-electron chi connectivity index (χ2n) is 12.0. The third-order valence-corrected chi connectivity index (χ3v) is 8.97. The summed E-state index contributed by atoms with van der Waals surface area (Å²) in [7, 11) is 0. The van der Waals surface area contributed by atoms with Crippen molar-refractivity contribution >= 4 is 21.8 Å². The van der Waals surface area contributed by atoms with Crippen LogP contribution in [0.5, 0.6) is 0 Å². The fraction of sp³-hybridized carbons (Fsp3) is 0. The zero-order chi connectivity index (χ0) is 32.6. The molecule has 0 aliphatic heterocycles. The molecule has 0 N–H and O–H groups in total. The summed E-state index contributed by atoms with van der Waals surface area (Å²) in [5.74, 6) is 1.85. The lowest BCUT2D eigenvalue weighted by atomic mass is 10.0. The molecule has 0 atom stereocenters. The van der Waals surface area contributed by atoms with Crippen molar-refractivity contribution in [2.24, 2.45) is 0 Å². The van der Waals surface area contributed by atoms with Crippen LogP contribution < -0.4 is 0 Å². The lowest BCUT2D eigenvalue weighted by Gasteiger charge is -2.16. The predicted molar refractivity (Wildman–Crippen MR) is 199 cm³/mol. The van der Waals surface area contributed by atoms with Crippen LogP contribution in [0.2, 0.25) is 0 Å². The predicted octanol–water partition coefficient (Wildman–Crippen LogP) is 10.7. The monoisotopic (exact) mass is 627 g/mol.